The van der Waals surface area contributed by atoms with Crippen molar-refractivity contribution in [3.63, 3.8) is 0 Å². The summed E-state index contributed by atoms with van der Waals surface area (Å²) in [7, 11) is 2.02. The van der Waals surface area contributed by atoms with Gasteiger partial charge in [-0.1, -0.05) is 36.1 Å². The Morgan fingerprint density at radius 3 is 2.71 bits per heavy atom. The number of amides is 1. The maximum absolute atomic E-state index is 12.8. The molecule has 0 saturated carbocycles. The van der Waals surface area contributed by atoms with Crippen LogP contribution in [0.4, 0.5) is 0 Å². The maximum Gasteiger partial charge on any atom is 0.303 e. The molecule has 144 valence electrons. The summed E-state index contributed by atoms with van der Waals surface area (Å²) in [6, 6.07) is 8.17. The Hall–Kier alpha value is -2.58. The standard InChI is InChI=1S/C20H19N3O3S2/c1-12-11-23-15-7-4-3-6-14(15)21(2)18(23)13(12)10-16-19(26)22(20(27)28-16)9-5-8-17(24)25/h3-4,6-7,10-11H,5,8-9H2,1-2H3,(H,24,25). The molecule has 1 fully saturated rings. The number of carboxylic acid groups (broad SMARTS) is 1. The van der Waals surface area contributed by atoms with E-state index in [0.717, 1.165) is 27.8 Å². The summed E-state index contributed by atoms with van der Waals surface area (Å²) in [5, 5.41) is 8.80. The van der Waals surface area contributed by atoms with E-state index in [0.29, 0.717) is 22.2 Å². The number of nitrogens with zero attached hydrogens (tertiary/aromatic N) is 3. The largest absolute Gasteiger partial charge is 0.481 e. The summed E-state index contributed by atoms with van der Waals surface area (Å²) in [6.45, 7) is 2.35. The summed E-state index contributed by atoms with van der Waals surface area (Å²) in [6.07, 6.45) is 4.39. The second-order valence-corrected chi connectivity index (χ2v) is 8.47. The molecule has 6 nitrogen and oxygen atoms in total. The molecular weight excluding hydrogens is 394 g/mol. The Balaban J connectivity index is 1.72. The molecule has 1 aliphatic rings. The van der Waals surface area contributed by atoms with Crippen molar-refractivity contribution >= 4 is 62.9 Å². The van der Waals surface area contributed by atoms with Gasteiger partial charge in [0.2, 0.25) is 0 Å². The number of imidazole rings is 1. The number of para-hydroxylation sites is 2. The highest BCUT2D eigenvalue weighted by atomic mass is 32.2. The van der Waals surface area contributed by atoms with Crippen molar-refractivity contribution in [3.8, 4) is 0 Å². The normalized spacial score (nSPS) is 16.2. The quantitative estimate of drug-likeness (QED) is 0.509. The third-order valence-corrected chi connectivity index (χ3v) is 6.34. The highest BCUT2D eigenvalue weighted by molar-refractivity contribution is 8.26. The lowest BCUT2D eigenvalue weighted by Crippen LogP contribution is -2.29. The summed E-state index contributed by atoms with van der Waals surface area (Å²) in [5.74, 6) is -1.03. The van der Waals surface area contributed by atoms with Crippen LogP contribution in [0.1, 0.15) is 24.0 Å². The third kappa shape index (κ3) is 3.02. The summed E-state index contributed by atoms with van der Waals surface area (Å²) in [4.78, 5) is 25.6. The minimum Gasteiger partial charge on any atom is -0.481 e. The van der Waals surface area contributed by atoms with Crippen molar-refractivity contribution in [3.05, 3.63) is 46.5 Å². The third-order valence-electron chi connectivity index (χ3n) is 4.96. The molecule has 1 aliphatic heterocycles. The van der Waals surface area contributed by atoms with Crippen LogP contribution in [0.2, 0.25) is 0 Å². The highest BCUT2D eigenvalue weighted by Gasteiger charge is 2.32. The molecule has 28 heavy (non-hydrogen) atoms. The van der Waals surface area contributed by atoms with Crippen LogP contribution in [0.15, 0.2) is 35.4 Å². The Labute approximate surface area is 171 Å². The fourth-order valence-electron chi connectivity index (χ4n) is 3.61. The first kappa shape index (κ1) is 18.8. The molecule has 1 N–H and O–H groups in total. The first-order valence-electron chi connectivity index (χ1n) is 8.90. The fourth-order valence-corrected chi connectivity index (χ4v) is 4.90. The van der Waals surface area contributed by atoms with E-state index >= 15 is 0 Å². The molecule has 3 heterocycles. The van der Waals surface area contributed by atoms with E-state index in [1.165, 1.54) is 16.7 Å². The maximum atomic E-state index is 12.8. The fraction of sp³-hybridized carbons (Fsp3) is 0.250. The predicted molar refractivity (Wildman–Crippen MR) is 115 cm³/mol. The number of hydrogen-bond acceptors (Lipinski definition) is 4. The van der Waals surface area contributed by atoms with Crippen LogP contribution >= 0.6 is 24.0 Å². The molecule has 0 bridgehead atoms. The summed E-state index contributed by atoms with van der Waals surface area (Å²) in [5.41, 5.74) is 5.32. The molecule has 3 aromatic rings. The van der Waals surface area contributed by atoms with Gasteiger partial charge in [0, 0.05) is 31.8 Å². The van der Waals surface area contributed by atoms with Crippen LogP contribution in [0.25, 0.3) is 22.8 Å². The molecule has 0 spiro atoms. The van der Waals surface area contributed by atoms with Gasteiger partial charge in [-0.05, 0) is 37.1 Å². The van der Waals surface area contributed by atoms with E-state index < -0.39 is 5.97 Å². The van der Waals surface area contributed by atoms with Crippen LogP contribution < -0.4 is 0 Å². The first-order valence-corrected chi connectivity index (χ1v) is 10.1. The summed E-state index contributed by atoms with van der Waals surface area (Å²) >= 11 is 6.62. The first-order chi connectivity index (χ1) is 13.4. The minimum absolute atomic E-state index is 0.0191. The Morgan fingerprint density at radius 2 is 2.00 bits per heavy atom. The van der Waals surface area contributed by atoms with Crippen molar-refractivity contribution in [2.45, 2.75) is 19.8 Å². The summed E-state index contributed by atoms with van der Waals surface area (Å²) < 4.78 is 4.75. The van der Waals surface area contributed by atoms with Gasteiger partial charge >= 0.3 is 5.97 Å². The Kier molecular flexibility index (Phi) is 4.76. The van der Waals surface area contributed by atoms with E-state index in [4.69, 9.17) is 17.3 Å². The van der Waals surface area contributed by atoms with Crippen LogP contribution in [-0.2, 0) is 16.6 Å². The van der Waals surface area contributed by atoms with Crippen molar-refractivity contribution in [1.82, 2.24) is 13.9 Å². The molecule has 1 amide bonds. The molecule has 0 atom stereocenters. The van der Waals surface area contributed by atoms with E-state index in [-0.39, 0.29) is 12.3 Å². The van der Waals surface area contributed by atoms with Crippen molar-refractivity contribution in [2.75, 3.05) is 6.54 Å². The SMILES string of the molecule is Cc1cn2c3ccccc3n(C)c2c1C=C1SC(=S)N(CCCC(=O)O)C1=O. The molecule has 1 saturated heterocycles. The molecular formula is C20H19N3O3S2. The highest BCUT2D eigenvalue weighted by Crippen LogP contribution is 2.35. The number of aliphatic carboxylic acids is 1. The Morgan fingerprint density at radius 1 is 1.29 bits per heavy atom. The lowest BCUT2D eigenvalue weighted by molar-refractivity contribution is -0.137. The van der Waals surface area contributed by atoms with Gasteiger partial charge in [-0.15, -0.1) is 0 Å². The number of hydrogen-bond donors (Lipinski definition) is 1. The average Bonchev–Trinajstić information content (AvgIpc) is 3.22. The van der Waals surface area contributed by atoms with Gasteiger partial charge in [0.15, 0.2) is 0 Å². The smallest absolute Gasteiger partial charge is 0.303 e. The number of thiocarbonyl (C=S) groups is 1. The lowest BCUT2D eigenvalue weighted by atomic mass is 10.2. The van der Waals surface area contributed by atoms with E-state index in [1.54, 1.807) is 0 Å². The number of aryl methyl sites for hydroxylation is 2. The van der Waals surface area contributed by atoms with Gasteiger partial charge in [-0.3, -0.25) is 14.5 Å². The second kappa shape index (κ2) is 7.10. The molecule has 4 rings (SSSR count). The van der Waals surface area contributed by atoms with Crippen LogP contribution in [-0.4, -0.2) is 41.7 Å². The average molecular weight is 414 g/mol. The number of carboxylic acids is 1. The number of carbonyl (C=O) groups excluding carboxylic acids is 1. The van der Waals surface area contributed by atoms with Gasteiger partial charge in [-0.25, -0.2) is 0 Å². The molecule has 8 heteroatoms. The predicted octanol–water partition coefficient (Wildman–Crippen LogP) is 3.81. The van der Waals surface area contributed by atoms with Gasteiger partial charge in [-0.2, -0.15) is 0 Å². The topological polar surface area (TPSA) is 66.9 Å². The van der Waals surface area contributed by atoms with Crippen LogP contribution in [0.3, 0.4) is 0 Å². The van der Waals surface area contributed by atoms with Gasteiger partial charge in [0.25, 0.3) is 5.91 Å². The van der Waals surface area contributed by atoms with Crippen molar-refractivity contribution in [2.24, 2.45) is 7.05 Å². The Bertz CT molecular complexity index is 1170. The van der Waals surface area contributed by atoms with Gasteiger partial charge < -0.3 is 14.1 Å². The van der Waals surface area contributed by atoms with Gasteiger partial charge in [0.1, 0.15) is 9.97 Å². The molecule has 0 aliphatic carbocycles. The molecule has 2 aromatic heterocycles. The number of benzene rings is 1. The van der Waals surface area contributed by atoms with Crippen molar-refractivity contribution in [1.29, 1.82) is 0 Å². The number of rotatable bonds is 5. The van der Waals surface area contributed by atoms with E-state index in [1.807, 2.05) is 32.2 Å². The van der Waals surface area contributed by atoms with Crippen LogP contribution in [0, 0.1) is 6.92 Å². The zero-order valence-electron chi connectivity index (χ0n) is 15.5. The van der Waals surface area contributed by atoms with Gasteiger partial charge in [0.05, 0.1) is 15.9 Å². The number of aromatic nitrogens is 2. The molecule has 1 aromatic carbocycles. The lowest BCUT2D eigenvalue weighted by Gasteiger charge is -2.13. The number of thioether (sulfide) groups is 1. The second-order valence-electron chi connectivity index (χ2n) is 6.80. The minimum atomic E-state index is -0.872. The van der Waals surface area contributed by atoms with Crippen LogP contribution in [0.5, 0.6) is 0 Å². The zero-order valence-corrected chi connectivity index (χ0v) is 17.1. The molecule has 0 radical (unpaired) electrons. The van der Waals surface area contributed by atoms with E-state index in [2.05, 4.69) is 27.3 Å². The zero-order chi connectivity index (χ0) is 20.0. The van der Waals surface area contributed by atoms with Crippen molar-refractivity contribution < 1.29 is 14.7 Å². The van der Waals surface area contributed by atoms with E-state index in [9.17, 15) is 9.59 Å². The monoisotopic (exact) mass is 413 g/mol. The molecule has 0 unspecified atom stereocenters. The number of carbonyl (C=O) groups is 2. The number of fused-ring (bicyclic) bond motifs is 3.